The fourth-order valence-electron chi connectivity index (χ4n) is 3.00. The first-order valence-electron chi connectivity index (χ1n) is 9.20. The van der Waals surface area contributed by atoms with E-state index in [-0.39, 0.29) is 6.03 Å². The molecule has 0 saturated carbocycles. The second kappa shape index (κ2) is 9.69. The van der Waals surface area contributed by atoms with Crippen molar-refractivity contribution in [3.05, 3.63) is 72.4 Å². The summed E-state index contributed by atoms with van der Waals surface area (Å²) < 4.78 is 5.12. The Morgan fingerprint density at radius 1 is 1.04 bits per heavy atom. The van der Waals surface area contributed by atoms with Crippen LogP contribution in [0, 0.1) is 0 Å². The monoisotopic (exact) mass is 363 g/mol. The summed E-state index contributed by atoms with van der Waals surface area (Å²) in [6.07, 6.45) is 3.55. The van der Waals surface area contributed by atoms with Crippen LogP contribution in [0.2, 0.25) is 0 Å². The molecule has 0 aliphatic rings. The van der Waals surface area contributed by atoms with E-state index in [0.29, 0.717) is 19.7 Å². The zero-order valence-corrected chi connectivity index (χ0v) is 15.6. The molecular weight excluding hydrogens is 338 g/mol. The SMILES string of the molecule is COCCCCN(Cc1ccccc1)C(=O)Nc1cccc2cccnc12. The summed E-state index contributed by atoms with van der Waals surface area (Å²) in [5.41, 5.74) is 2.64. The molecule has 140 valence electrons. The molecule has 2 aromatic carbocycles. The van der Waals surface area contributed by atoms with Crippen LogP contribution in [0.3, 0.4) is 0 Å². The van der Waals surface area contributed by atoms with E-state index in [1.54, 1.807) is 13.3 Å². The Kier molecular flexibility index (Phi) is 6.77. The van der Waals surface area contributed by atoms with Crippen LogP contribution < -0.4 is 5.32 Å². The Bertz CT molecular complexity index is 862. The van der Waals surface area contributed by atoms with Gasteiger partial charge in [-0.3, -0.25) is 4.98 Å². The Labute approximate surface area is 160 Å². The van der Waals surface area contributed by atoms with E-state index >= 15 is 0 Å². The lowest BCUT2D eigenvalue weighted by molar-refractivity contribution is 0.182. The zero-order valence-electron chi connectivity index (χ0n) is 15.6. The van der Waals surface area contributed by atoms with Gasteiger partial charge in [-0.25, -0.2) is 4.79 Å². The van der Waals surface area contributed by atoms with Crippen molar-refractivity contribution in [1.82, 2.24) is 9.88 Å². The topological polar surface area (TPSA) is 54.5 Å². The molecule has 0 aliphatic carbocycles. The second-order valence-electron chi connectivity index (χ2n) is 6.42. The molecule has 0 aliphatic heterocycles. The van der Waals surface area contributed by atoms with Gasteiger partial charge in [0.1, 0.15) is 0 Å². The Morgan fingerprint density at radius 2 is 1.85 bits per heavy atom. The van der Waals surface area contributed by atoms with Gasteiger partial charge in [-0.1, -0.05) is 48.5 Å². The van der Waals surface area contributed by atoms with Crippen molar-refractivity contribution in [2.75, 3.05) is 25.6 Å². The van der Waals surface area contributed by atoms with Gasteiger partial charge in [0.15, 0.2) is 0 Å². The van der Waals surface area contributed by atoms with Crippen LogP contribution in [-0.2, 0) is 11.3 Å². The molecule has 0 unspecified atom stereocenters. The normalized spacial score (nSPS) is 10.7. The third kappa shape index (κ3) is 5.28. The first-order chi connectivity index (χ1) is 13.3. The van der Waals surface area contributed by atoms with Gasteiger partial charge in [0.25, 0.3) is 0 Å². The first-order valence-corrected chi connectivity index (χ1v) is 9.20. The molecule has 0 radical (unpaired) electrons. The van der Waals surface area contributed by atoms with Gasteiger partial charge >= 0.3 is 6.03 Å². The van der Waals surface area contributed by atoms with E-state index in [4.69, 9.17) is 4.74 Å². The summed E-state index contributed by atoms with van der Waals surface area (Å²) in [7, 11) is 1.70. The number of carbonyl (C=O) groups is 1. The molecule has 1 aromatic heterocycles. The molecule has 1 N–H and O–H groups in total. The number of pyridine rings is 1. The standard InChI is InChI=1S/C22H25N3O2/c1-27-16-6-5-15-25(17-18-9-3-2-4-10-18)22(26)24-20-13-7-11-19-12-8-14-23-21(19)20/h2-4,7-14H,5-6,15-17H2,1H3,(H,24,26). The number of methoxy groups -OCH3 is 1. The number of urea groups is 1. The van der Waals surface area contributed by atoms with Crippen molar-refractivity contribution in [2.45, 2.75) is 19.4 Å². The number of nitrogens with zero attached hydrogens (tertiary/aromatic N) is 2. The van der Waals surface area contributed by atoms with E-state index in [9.17, 15) is 4.79 Å². The highest BCUT2D eigenvalue weighted by Crippen LogP contribution is 2.21. The van der Waals surface area contributed by atoms with Crippen LogP contribution in [0.5, 0.6) is 0 Å². The van der Waals surface area contributed by atoms with E-state index in [2.05, 4.69) is 10.3 Å². The quantitative estimate of drug-likeness (QED) is 0.591. The van der Waals surface area contributed by atoms with E-state index in [1.165, 1.54) is 0 Å². The number of anilines is 1. The van der Waals surface area contributed by atoms with E-state index in [1.807, 2.05) is 65.6 Å². The van der Waals surface area contributed by atoms with Gasteiger partial charge in [-0.15, -0.1) is 0 Å². The van der Waals surface area contributed by atoms with Gasteiger partial charge in [-0.2, -0.15) is 0 Å². The number of fused-ring (bicyclic) bond motifs is 1. The zero-order chi connectivity index (χ0) is 18.9. The summed E-state index contributed by atoms with van der Waals surface area (Å²) in [5, 5.41) is 4.04. The highest BCUT2D eigenvalue weighted by atomic mass is 16.5. The highest BCUT2D eigenvalue weighted by Gasteiger charge is 2.15. The van der Waals surface area contributed by atoms with Gasteiger partial charge in [0.05, 0.1) is 11.2 Å². The van der Waals surface area contributed by atoms with Crippen molar-refractivity contribution in [3.8, 4) is 0 Å². The van der Waals surface area contributed by atoms with Crippen LogP contribution in [0.15, 0.2) is 66.9 Å². The van der Waals surface area contributed by atoms with Gasteiger partial charge < -0.3 is 15.0 Å². The lowest BCUT2D eigenvalue weighted by atomic mass is 10.2. The largest absolute Gasteiger partial charge is 0.385 e. The molecule has 0 bridgehead atoms. The number of ether oxygens (including phenoxy) is 1. The molecule has 3 aromatic rings. The Morgan fingerprint density at radius 3 is 2.67 bits per heavy atom. The number of amides is 2. The Hall–Kier alpha value is -2.92. The van der Waals surface area contributed by atoms with Crippen molar-refractivity contribution < 1.29 is 9.53 Å². The maximum Gasteiger partial charge on any atom is 0.322 e. The van der Waals surface area contributed by atoms with Crippen molar-refractivity contribution in [1.29, 1.82) is 0 Å². The first kappa shape index (κ1) is 18.9. The lowest BCUT2D eigenvalue weighted by Gasteiger charge is -2.23. The van der Waals surface area contributed by atoms with Crippen LogP contribution in [0.4, 0.5) is 10.5 Å². The Balaban J connectivity index is 1.74. The summed E-state index contributed by atoms with van der Waals surface area (Å²) >= 11 is 0. The predicted octanol–water partition coefficient (Wildman–Crippen LogP) is 4.70. The minimum atomic E-state index is -0.116. The van der Waals surface area contributed by atoms with Crippen LogP contribution >= 0.6 is 0 Å². The maximum absolute atomic E-state index is 13.0. The summed E-state index contributed by atoms with van der Waals surface area (Å²) in [6.45, 7) is 1.94. The third-order valence-electron chi connectivity index (χ3n) is 4.40. The predicted molar refractivity (Wildman–Crippen MR) is 109 cm³/mol. The van der Waals surface area contributed by atoms with Gasteiger partial charge in [-0.05, 0) is 30.5 Å². The molecule has 0 saturated heterocycles. The van der Waals surface area contributed by atoms with Crippen LogP contribution in [0.25, 0.3) is 10.9 Å². The highest BCUT2D eigenvalue weighted by molar-refractivity contribution is 5.99. The lowest BCUT2D eigenvalue weighted by Crippen LogP contribution is -2.35. The summed E-state index contributed by atoms with van der Waals surface area (Å²) in [5.74, 6) is 0. The number of rotatable bonds is 8. The molecule has 1 heterocycles. The second-order valence-corrected chi connectivity index (χ2v) is 6.42. The molecule has 2 amide bonds. The van der Waals surface area contributed by atoms with Crippen LogP contribution in [0.1, 0.15) is 18.4 Å². The van der Waals surface area contributed by atoms with Crippen LogP contribution in [-0.4, -0.2) is 36.2 Å². The number of benzene rings is 2. The minimum absolute atomic E-state index is 0.116. The minimum Gasteiger partial charge on any atom is -0.385 e. The molecule has 27 heavy (non-hydrogen) atoms. The van der Waals surface area contributed by atoms with Gasteiger partial charge in [0, 0.05) is 38.4 Å². The average molecular weight is 363 g/mol. The van der Waals surface area contributed by atoms with Crippen molar-refractivity contribution >= 4 is 22.6 Å². The van der Waals surface area contributed by atoms with Gasteiger partial charge in [0.2, 0.25) is 0 Å². The van der Waals surface area contributed by atoms with E-state index < -0.39 is 0 Å². The average Bonchev–Trinajstić information content (AvgIpc) is 2.71. The molecule has 5 nitrogen and oxygen atoms in total. The number of hydrogen-bond acceptors (Lipinski definition) is 3. The molecule has 0 atom stereocenters. The number of nitrogens with one attached hydrogen (secondary N) is 1. The molecular formula is C22H25N3O2. The number of aromatic nitrogens is 1. The van der Waals surface area contributed by atoms with E-state index in [0.717, 1.165) is 35.0 Å². The molecule has 0 spiro atoms. The smallest absolute Gasteiger partial charge is 0.322 e. The molecule has 5 heteroatoms. The number of hydrogen-bond donors (Lipinski definition) is 1. The number of unbranched alkanes of at least 4 members (excludes halogenated alkanes) is 1. The fraction of sp³-hybridized carbons (Fsp3) is 0.273. The number of carbonyl (C=O) groups excluding carboxylic acids is 1. The third-order valence-corrected chi connectivity index (χ3v) is 4.40. The maximum atomic E-state index is 13.0. The number of para-hydroxylation sites is 1. The molecule has 0 fully saturated rings. The summed E-state index contributed by atoms with van der Waals surface area (Å²) in [4.78, 5) is 19.2. The van der Waals surface area contributed by atoms with Crippen molar-refractivity contribution in [3.63, 3.8) is 0 Å². The summed E-state index contributed by atoms with van der Waals surface area (Å²) in [6, 6.07) is 19.6. The fourth-order valence-corrected chi connectivity index (χ4v) is 3.00. The molecule has 3 rings (SSSR count). The van der Waals surface area contributed by atoms with Crippen molar-refractivity contribution in [2.24, 2.45) is 0 Å².